The van der Waals surface area contributed by atoms with Gasteiger partial charge in [0.2, 0.25) is 5.91 Å². The van der Waals surface area contributed by atoms with E-state index in [4.69, 9.17) is 9.47 Å². The molecule has 3 rings (SSSR count). The molecule has 0 unspecified atom stereocenters. The van der Waals surface area contributed by atoms with E-state index in [2.05, 4.69) is 10.6 Å². The third-order valence-corrected chi connectivity index (χ3v) is 4.55. The number of rotatable bonds is 7. The number of amides is 1. The van der Waals surface area contributed by atoms with Crippen LogP contribution < -0.4 is 20.1 Å². The zero-order valence-corrected chi connectivity index (χ0v) is 15.2. The van der Waals surface area contributed by atoms with E-state index in [0.29, 0.717) is 24.7 Å². The van der Waals surface area contributed by atoms with Crippen molar-refractivity contribution in [2.45, 2.75) is 38.5 Å². The Kier molecular flexibility index (Phi) is 6.50. The molecule has 5 heteroatoms. The molecule has 2 aromatic carbocycles. The normalized spacial score (nSPS) is 17.3. The second-order valence-corrected chi connectivity index (χ2v) is 6.48. The van der Waals surface area contributed by atoms with Crippen LogP contribution in [0.25, 0.3) is 0 Å². The van der Waals surface area contributed by atoms with E-state index in [1.165, 1.54) is 0 Å². The molecule has 0 radical (unpaired) electrons. The first-order valence-electron chi connectivity index (χ1n) is 9.11. The Hall–Kier alpha value is -2.53. The maximum atomic E-state index is 12.0. The predicted molar refractivity (Wildman–Crippen MR) is 101 cm³/mol. The molecule has 0 aliphatic carbocycles. The maximum absolute atomic E-state index is 12.0. The smallest absolute Gasteiger partial charge is 0.237 e. The first-order valence-corrected chi connectivity index (χ1v) is 9.11. The average Bonchev–Trinajstić information content (AvgIpc) is 2.89. The Morgan fingerprint density at radius 1 is 1.08 bits per heavy atom. The number of ether oxygens (including phenoxy) is 2. The van der Waals surface area contributed by atoms with Crippen molar-refractivity contribution in [3.8, 4) is 11.5 Å². The quantitative estimate of drug-likeness (QED) is 0.802. The van der Waals surface area contributed by atoms with E-state index in [0.717, 1.165) is 36.9 Å². The van der Waals surface area contributed by atoms with Gasteiger partial charge in [-0.1, -0.05) is 36.4 Å². The molecule has 0 aromatic heterocycles. The van der Waals surface area contributed by atoms with E-state index in [1.54, 1.807) is 7.11 Å². The fourth-order valence-corrected chi connectivity index (χ4v) is 3.05. The van der Waals surface area contributed by atoms with Crippen molar-refractivity contribution in [2.24, 2.45) is 0 Å². The Morgan fingerprint density at radius 2 is 1.92 bits per heavy atom. The van der Waals surface area contributed by atoms with Gasteiger partial charge in [-0.2, -0.15) is 0 Å². The lowest BCUT2D eigenvalue weighted by molar-refractivity contribution is -0.122. The van der Waals surface area contributed by atoms with Gasteiger partial charge in [-0.25, -0.2) is 0 Å². The van der Waals surface area contributed by atoms with Crippen LogP contribution in [0.2, 0.25) is 0 Å². The Labute approximate surface area is 154 Å². The minimum Gasteiger partial charge on any atom is -0.493 e. The summed E-state index contributed by atoms with van der Waals surface area (Å²) in [7, 11) is 1.64. The molecule has 1 heterocycles. The topological polar surface area (TPSA) is 59.6 Å². The summed E-state index contributed by atoms with van der Waals surface area (Å²) in [5.41, 5.74) is 2.17. The van der Waals surface area contributed by atoms with Gasteiger partial charge in [0, 0.05) is 13.1 Å². The van der Waals surface area contributed by atoms with Gasteiger partial charge in [0.05, 0.1) is 13.2 Å². The number of methoxy groups -OCH3 is 1. The van der Waals surface area contributed by atoms with Crippen LogP contribution in [0, 0.1) is 0 Å². The molecule has 1 fully saturated rings. The van der Waals surface area contributed by atoms with Crippen LogP contribution >= 0.6 is 0 Å². The Balaban J connectivity index is 1.63. The first-order chi connectivity index (χ1) is 12.8. The summed E-state index contributed by atoms with van der Waals surface area (Å²) < 4.78 is 11.4. The molecule has 1 atom stereocenters. The highest BCUT2D eigenvalue weighted by Gasteiger charge is 2.19. The van der Waals surface area contributed by atoms with Gasteiger partial charge in [-0.05, 0) is 42.5 Å². The summed E-state index contributed by atoms with van der Waals surface area (Å²) in [6, 6.07) is 15.8. The average molecular weight is 354 g/mol. The lowest BCUT2D eigenvalue weighted by Gasteiger charge is -2.16. The zero-order chi connectivity index (χ0) is 18.2. The number of carbonyl (C=O) groups is 1. The third-order valence-electron chi connectivity index (χ3n) is 4.55. The number of nitrogens with one attached hydrogen (secondary N) is 2. The van der Waals surface area contributed by atoms with Crippen LogP contribution in [0.1, 0.15) is 30.4 Å². The fourth-order valence-electron chi connectivity index (χ4n) is 3.05. The number of benzene rings is 2. The standard InChI is InChI=1S/C21H26N2O3/c1-25-19-11-10-17(14-23-18-9-5-6-12-22-21(18)24)13-20(19)26-15-16-7-3-2-4-8-16/h2-4,7-8,10-11,13,18,23H,5-6,9,12,14-15H2,1H3,(H,22,24)/t18-/m0/s1. The van der Waals surface area contributed by atoms with Gasteiger partial charge < -0.3 is 20.1 Å². The number of hydrogen-bond donors (Lipinski definition) is 2. The summed E-state index contributed by atoms with van der Waals surface area (Å²) >= 11 is 0. The van der Waals surface area contributed by atoms with Crippen molar-refractivity contribution in [1.29, 1.82) is 0 Å². The van der Waals surface area contributed by atoms with Crippen LogP contribution in [0.5, 0.6) is 11.5 Å². The van der Waals surface area contributed by atoms with Gasteiger partial charge in [0.15, 0.2) is 11.5 Å². The molecule has 2 aromatic rings. The van der Waals surface area contributed by atoms with E-state index in [1.807, 2.05) is 48.5 Å². The summed E-state index contributed by atoms with van der Waals surface area (Å²) in [5.74, 6) is 1.51. The monoisotopic (exact) mass is 354 g/mol. The van der Waals surface area contributed by atoms with Crippen molar-refractivity contribution < 1.29 is 14.3 Å². The van der Waals surface area contributed by atoms with Crippen LogP contribution in [-0.4, -0.2) is 25.6 Å². The molecule has 0 saturated carbocycles. The lowest BCUT2D eigenvalue weighted by atomic mass is 10.1. The molecule has 26 heavy (non-hydrogen) atoms. The molecule has 1 amide bonds. The van der Waals surface area contributed by atoms with Gasteiger partial charge >= 0.3 is 0 Å². The molecule has 0 bridgehead atoms. The van der Waals surface area contributed by atoms with Crippen LogP contribution in [0.4, 0.5) is 0 Å². The minimum absolute atomic E-state index is 0.0940. The summed E-state index contributed by atoms with van der Waals surface area (Å²) in [5, 5.41) is 6.31. The highest BCUT2D eigenvalue weighted by Crippen LogP contribution is 2.29. The molecule has 5 nitrogen and oxygen atoms in total. The zero-order valence-electron chi connectivity index (χ0n) is 15.2. The predicted octanol–water partition coefficient (Wildman–Crippen LogP) is 3.03. The van der Waals surface area contributed by atoms with E-state index >= 15 is 0 Å². The Bertz CT molecular complexity index is 718. The van der Waals surface area contributed by atoms with Crippen LogP contribution in [0.3, 0.4) is 0 Å². The number of carbonyl (C=O) groups excluding carboxylic acids is 1. The molecule has 1 aliphatic rings. The molecular weight excluding hydrogens is 328 g/mol. The van der Waals surface area contributed by atoms with E-state index < -0.39 is 0 Å². The minimum atomic E-state index is -0.131. The third kappa shape index (κ3) is 4.99. The molecule has 1 aliphatic heterocycles. The molecule has 1 saturated heterocycles. The SMILES string of the molecule is COc1ccc(CN[C@H]2CCCCNC2=O)cc1OCc1ccccc1. The molecule has 0 spiro atoms. The van der Waals surface area contributed by atoms with Crippen molar-refractivity contribution in [1.82, 2.24) is 10.6 Å². The summed E-state index contributed by atoms with van der Waals surface area (Å²) in [6.07, 6.45) is 2.98. The van der Waals surface area contributed by atoms with E-state index in [9.17, 15) is 4.79 Å². The maximum Gasteiger partial charge on any atom is 0.237 e. The molecule has 138 valence electrons. The molecule has 2 N–H and O–H groups in total. The highest BCUT2D eigenvalue weighted by atomic mass is 16.5. The van der Waals surface area contributed by atoms with Crippen molar-refractivity contribution in [3.63, 3.8) is 0 Å². The van der Waals surface area contributed by atoms with Crippen LogP contribution in [-0.2, 0) is 17.9 Å². The first kappa shape index (κ1) is 18.3. The summed E-state index contributed by atoms with van der Waals surface area (Å²) in [6.45, 7) is 1.87. The van der Waals surface area contributed by atoms with Crippen molar-refractivity contribution >= 4 is 5.91 Å². The summed E-state index contributed by atoms with van der Waals surface area (Å²) in [4.78, 5) is 12.0. The number of hydrogen-bond acceptors (Lipinski definition) is 4. The van der Waals surface area contributed by atoms with E-state index in [-0.39, 0.29) is 11.9 Å². The fraction of sp³-hybridized carbons (Fsp3) is 0.381. The van der Waals surface area contributed by atoms with Crippen molar-refractivity contribution in [2.75, 3.05) is 13.7 Å². The molecular formula is C21H26N2O3. The van der Waals surface area contributed by atoms with Gasteiger partial charge in [0.25, 0.3) is 0 Å². The highest BCUT2D eigenvalue weighted by molar-refractivity contribution is 5.81. The second kappa shape index (κ2) is 9.25. The lowest BCUT2D eigenvalue weighted by Crippen LogP contribution is -2.42. The second-order valence-electron chi connectivity index (χ2n) is 6.48. The van der Waals surface area contributed by atoms with Gasteiger partial charge in [0.1, 0.15) is 6.61 Å². The largest absolute Gasteiger partial charge is 0.493 e. The Morgan fingerprint density at radius 3 is 2.73 bits per heavy atom. The van der Waals surface area contributed by atoms with Gasteiger partial charge in [-0.15, -0.1) is 0 Å². The van der Waals surface area contributed by atoms with Crippen LogP contribution in [0.15, 0.2) is 48.5 Å². The van der Waals surface area contributed by atoms with Gasteiger partial charge in [-0.3, -0.25) is 4.79 Å². The van der Waals surface area contributed by atoms with Crippen molar-refractivity contribution in [3.05, 3.63) is 59.7 Å².